The van der Waals surface area contributed by atoms with E-state index in [-0.39, 0.29) is 23.3 Å². The van der Waals surface area contributed by atoms with Gasteiger partial charge in [0.1, 0.15) is 0 Å². The molecule has 2 aromatic rings. The molecule has 0 aliphatic carbocycles. The normalized spacial score (nSPS) is 15.1. The number of carbonyl (C=O) groups excluding carboxylic acids is 2. The number of hydrogen-bond acceptors (Lipinski definition) is 5. The lowest BCUT2D eigenvalue weighted by Gasteiger charge is -2.34. The van der Waals surface area contributed by atoms with Crippen LogP contribution in [-0.2, 0) is 26.0 Å². The minimum Gasteiger partial charge on any atom is -0.340 e. The number of nitrogens with two attached hydrogens (primary N) is 1. The topological polar surface area (TPSA) is 113 Å². The molecule has 2 amide bonds. The summed E-state index contributed by atoms with van der Waals surface area (Å²) in [5.41, 5.74) is 2.51. The van der Waals surface area contributed by atoms with Crippen molar-refractivity contribution in [1.29, 1.82) is 0 Å². The van der Waals surface area contributed by atoms with Gasteiger partial charge in [0.25, 0.3) is 0 Å². The fraction of sp³-hybridized carbons (Fsp3) is 0.333. The van der Waals surface area contributed by atoms with E-state index in [0.717, 1.165) is 11.1 Å². The lowest BCUT2D eigenvalue weighted by Crippen LogP contribution is -2.50. The fourth-order valence-corrected chi connectivity index (χ4v) is 3.95. The Bertz CT molecular complexity index is 1030. The number of carbonyl (C=O) groups is 2. The third-order valence-electron chi connectivity index (χ3n) is 5.14. The second-order valence-corrected chi connectivity index (χ2v) is 8.94. The Kier molecular flexibility index (Phi) is 6.86. The standard InChI is InChI=1S/C21H26N4O4S/c1-16-5-2-3-6-17(16)13-21(27)25-11-9-24(10-12-25)15-20(26)23-18-7-4-8-19(14-18)30(22,28)29/h2-8,14H,9-13,15H2,1H3,(H,23,26)(H2,22,28,29). The molecule has 0 aromatic heterocycles. The first kappa shape index (κ1) is 21.9. The third-order valence-corrected chi connectivity index (χ3v) is 6.05. The highest BCUT2D eigenvalue weighted by molar-refractivity contribution is 7.89. The number of primary sulfonamides is 1. The minimum atomic E-state index is -3.83. The SMILES string of the molecule is Cc1ccccc1CC(=O)N1CCN(CC(=O)Nc2cccc(S(N)(=O)=O)c2)CC1. The van der Waals surface area contributed by atoms with Crippen LogP contribution in [0.15, 0.2) is 53.4 Å². The Balaban J connectivity index is 1.48. The van der Waals surface area contributed by atoms with E-state index >= 15 is 0 Å². The maximum atomic E-state index is 12.6. The number of hydrogen-bond donors (Lipinski definition) is 2. The van der Waals surface area contributed by atoms with Gasteiger partial charge in [-0.25, -0.2) is 13.6 Å². The molecule has 0 radical (unpaired) electrons. The molecule has 1 heterocycles. The van der Waals surface area contributed by atoms with Crippen LogP contribution in [-0.4, -0.2) is 62.8 Å². The second kappa shape index (κ2) is 9.38. The predicted molar refractivity (Wildman–Crippen MR) is 114 cm³/mol. The van der Waals surface area contributed by atoms with Gasteiger partial charge in [-0.2, -0.15) is 0 Å². The molecule has 1 saturated heterocycles. The van der Waals surface area contributed by atoms with Gasteiger partial charge in [-0.1, -0.05) is 30.3 Å². The first-order chi connectivity index (χ1) is 14.2. The highest BCUT2D eigenvalue weighted by Crippen LogP contribution is 2.15. The van der Waals surface area contributed by atoms with Crippen molar-refractivity contribution < 1.29 is 18.0 Å². The summed E-state index contributed by atoms with van der Waals surface area (Å²) in [5, 5.41) is 7.81. The van der Waals surface area contributed by atoms with Gasteiger partial charge in [-0.3, -0.25) is 14.5 Å². The maximum absolute atomic E-state index is 12.6. The Labute approximate surface area is 176 Å². The van der Waals surface area contributed by atoms with Crippen LogP contribution in [0.2, 0.25) is 0 Å². The van der Waals surface area contributed by atoms with Crippen molar-refractivity contribution in [3.63, 3.8) is 0 Å². The molecule has 9 heteroatoms. The molecule has 0 saturated carbocycles. The molecule has 0 bridgehead atoms. The second-order valence-electron chi connectivity index (χ2n) is 7.38. The van der Waals surface area contributed by atoms with Crippen molar-refractivity contribution in [2.45, 2.75) is 18.2 Å². The molecule has 30 heavy (non-hydrogen) atoms. The van der Waals surface area contributed by atoms with Crippen LogP contribution >= 0.6 is 0 Å². The molecule has 1 aliphatic rings. The van der Waals surface area contributed by atoms with E-state index in [1.165, 1.54) is 18.2 Å². The van der Waals surface area contributed by atoms with Gasteiger partial charge in [0.2, 0.25) is 21.8 Å². The van der Waals surface area contributed by atoms with Crippen molar-refractivity contribution >= 4 is 27.5 Å². The maximum Gasteiger partial charge on any atom is 0.238 e. The predicted octanol–water partition coefficient (Wildman–Crippen LogP) is 0.968. The van der Waals surface area contributed by atoms with Crippen molar-refractivity contribution in [3.8, 4) is 0 Å². The molecule has 1 aliphatic heterocycles. The third kappa shape index (κ3) is 5.88. The van der Waals surface area contributed by atoms with Gasteiger partial charge in [0.05, 0.1) is 17.9 Å². The Morgan fingerprint density at radius 2 is 1.73 bits per heavy atom. The van der Waals surface area contributed by atoms with Crippen LogP contribution in [0.4, 0.5) is 5.69 Å². The van der Waals surface area contributed by atoms with Crippen molar-refractivity contribution in [3.05, 3.63) is 59.7 Å². The zero-order chi connectivity index (χ0) is 21.7. The van der Waals surface area contributed by atoms with E-state index in [1.807, 2.05) is 41.0 Å². The van der Waals surface area contributed by atoms with Crippen molar-refractivity contribution in [2.75, 3.05) is 38.0 Å². The highest BCUT2D eigenvalue weighted by atomic mass is 32.2. The van der Waals surface area contributed by atoms with E-state index < -0.39 is 10.0 Å². The molecule has 3 N–H and O–H groups in total. The summed E-state index contributed by atoms with van der Waals surface area (Å²) < 4.78 is 22.9. The first-order valence-corrected chi connectivity index (χ1v) is 11.2. The van der Waals surface area contributed by atoms with Crippen LogP contribution < -0.4 is 10.5 Å². The quantitative estimate of drug-likeness (QED) is 0.709. The molecule has 2 aromatic carbocycles. The van der Waals surface area contributed by atoms with Crippen LogP contribution in [0.3, 0.4) is 0 Å². The van der Waals surface area contributed by atoms with Gasteiger partial charge in [0.15, 0.2) is 0 Å². The number of anilines is 1. The summed E-state index contributed by atoms with van der Waals surface area (Å²) in [7, 11) is -3.83. The number of aryl methyl sites for hydroxylation is 1. The van der Waals surface area contributed by atoms with Gasteiger partial charge < -0.3 is 10.2 Å². The molecule has 1 fully saturated rings. The summed E-state index contributed by atoms with van der Waals surface area (Å²) in [4.78, 5) is 28.6. The Morgan fingerprint density at radius 1 is 1.03 bits per heavy atom. The summed E-state index contributed by atoms with van der Waals surface area (Å²) in [6.07, 6.45) is 0.382. The average molecular weight is 431 g/mol. The monoisotopic (exact) mass is 430 g/mol. The first-order valence-electron chi connectivity index (χ1n) is 9.70. The van der Waals surface area contributed by atoms with Gasteiger partial charge in [-0.15, -0.1) is 0 Å². The van der Waals surface area contributed by atoms with E-state index in [9.17, 15) is 18.0 Å². The molecule has 3 rings (SSSR count). The average Bonchev–Trinajstić information content (AvgIpc) is 2.70. The van der Waals surface area contributed by atoms with E-state index in [4.69, 9.17) is 5.14 Å². The molecule has 0 spiro atoms. The molecular formula is C21H26N4O4S. The molecule has 0 unspecified atom stereocenters. The van der Waals surface area contributed by atoms with Crippen LogP contribution in [0.5, 0.6) is 0 Å². The van der Waals surface area contributed by atoms with Crippen molar-refractivity contribution in [2.24, 2.45) is 5.14 Å². The highest BCUT2D eigenvalue weighted by Gasteiger charge is 2.23. The van der Waals surface area contributed by atoms with E-state index in [2.05, 4.69) is 5.32 Å². The number of nitrogens with one attached hydrogen (secondary N) is 1. The van der Waals surface area contributed by atoms with Gasteiger partial charge in [0, 0.05) is 31.9 Å². The zero-order valence-electron chi connectivity index (χ0n) is 16.9. The number of nitrogens with zero attached hydrogens (tertiary/aromatic N) is 2. The molecule has 160 valence electrons. The van der Waals surface area contributed by atoms with Crippen LogP contribution in [0.25, 0.3) is 0 Å². The number of benzene rings is 2. The van der Waals surface area contributed by atoms with Crippen LogP contribution in [0.1, 0.15) is 11.1 Å². The molecular weight excluding hydrogens is 404 g/mol. The summed E-state index contributed by atoms with van der Waals surface area (Å²) >= 11 is 0. The minimum absolute atomic E-state index is 0.0546. The fourth-order valence-electron chi connectivity index (χ4n) is 3.39. The van der Waals surface area contributed by atoms with Crippen LogP contribution in [0, 0.1) is 6.92 Å². The summed E-state index contributed by atoms with van der Waals surface area (Å²) in [6.45, 7) is 4.50. The number of rotatable bonds is 6. The lowest BCUT2D eigenvalue weighted by molar-refractivity contribution is -0.132. The van der Waals surface area contributed by atoms with Crippen molar-refractivity contribution in [1.82, 2.24) is 9.80 Å². The van der Waals surface area contributed by atoms with E-state index in [1.54, 1.807) is 6.07 Å². The smallest absolute Gasteiger partial charge is 0.238 e. The van der Waals surface area contributed by atoms with E-state index in [0.29, 0.717) is 38.3 Å². The molecule has 0 atom stereocenters. The van der Waals surface area contributed by atoms with Gasteiger partial charge >= 0.3 is 0 Å². The Hall–Kier alpha value is -2.75. The zero-order valence-corrected chi connectivity index (χ0v) is 17.7. The number of sulfonamides is 1. The number of piperazine rings is 1. The summed E-state index contributed by atoms with van der Waals surface area (Å²) in [6, 6.07) is 13.7. The lowest BCUT2D eigenvalue weighted by atomic mass is 10.1. The number of amides is 2. The summed E-state index contributed by atoms with van der Waals surface area (Å²) in [5.74, 6) is -0.158. The largest absolute Gasteiger partial charge is 0.340 e. The molecule has 8 nitrogen and oxygen atoms in total. The Morgan fingerprint density at radius 3 is 2.40 bits per heavy atom. The van der Waals surface area contributed by atoms with Gasteiger partial charge in [-0.05, 0) is 36.2 Å².